The summed E-state index contributed by atoms with van der Waals surface area (Å²) in [6.45, 7) is 1.74. The summed E-state index contributed by atoms with van der Waals surface area (Å²) in [5.41, 5.74) is -0.572. The van der Waals surface area contributed by atoms with Crippen LogP contribution in [0.1, 0.15) is 24.8 Å². The van der Waals surface area contributed by atoms with Crippen LogP contribution in [0.3, 0.4) is 0 Å². The molecule has 1 saturated heterocycles. The first-order valence-electron chi connectivity index (χ1n) is 6.42. The van der Waals surface area contributed by atoms with Crippen LogP contribution in [-0.2, 0) is 9.59 Å². The number of hydrogen-bond donors (Lipinski definition) is 1. The van der Waals surface area contributed by atoms with Gasteiger partial charge < -0.3 is 0 Å². The Morgan fingerprint density at radius 1 is 1.25 bits per heavy atom. The monoisotopic (exact) mass is 276 g/mol. The van der Waals surface area contributed by atoms with Gasteiger partial charge in [-0.25, -0.2) is 14.1 Å². The van der Waals surface area contributed by atoms with Crippen molar-refractivity contribution in [2.45, 2.75) is 26.2 Å². The molecule has 2 aliphatic rings. The number of anilines is 1. The van der Waals surface area contributed by atoms with E-state index in [1.165, 1.54) is 12.1 Å². The van der Waals surface area contributed by atoms with Gasteiger partial charge in [-0.05, 0) is 37.5 Å². The van der Waals surface area contributed by atoms with Gasteiger partial charge in [0.05, 0.1) is 5.69 Å². The molecule has 20 heavy (non-hydrogen) atoms. The minimum absolute atomic E-state index is 0.105. The molecule has 3 rings (SSSR count). The fraction of sp³-hybridized carbons (Fsp3) is 0.357. The molecule has 0 radical (unpaired) electrons. The van der Waals surface area contributed by atoms with Crippen molar-refractivity contribution in [3.63, 3.8) is 0 Å². The molecule has 1 aromatic rings. The van der Waals surface area contributed by atoms with Gasteiger partial charge in [-0.1, -0.05) is 12.5 Å². The largest absolute Gasteiger partial charge is 0.335 e. The second-order valence-electron chi connectivity index (χ2n) is 5.29. The number of amides is 4. The molecule has 6 heteroatoms. The zero-order valence-corrected chi connectivity index (χ0v) is 10.9. The fourth-order valence-corrected chi connectivity index (χ4v) is 2.66. The summed E-state index contributed by atoms with van der Waals surface area (Å²) in [7, 11) is 0. The molecule has 1 aliphatic carbocycles. The Hall–Kier alpha value is -2.24. The maximum absolute atomic E-state index is 13.9. The third-order valence-electron chi connectivity index (χ3n) is 4.02. The Morgan fingerprint density at radius 2 is 1.95 bits per heavy atom. The topological polar surface area (TPSA) is 66.5 Å². The summed E-state index contributed by atoms with van der Waals surface area (Å²) in [5, 5.41) is 2.16. The number of nitrogens with zero attached hydrogens (tertiary/aromatic N) is 1. The molecule has 5 nitrogen and oxygen atoms in total. The number of aryl methyl sites for hydroxylation is 1. The van der Waals surface area contributed by atoms with E-state index in [1.807, 2.05) is 0 Å². The van der Waals surface area contributed by atoms with Gasteiger partial charge in [-0.3, -0.25) is 14.9 Å². The summed E-state index contributed by atoms with van der Waals surface area (Å²) in [6.07, 6.45) is 1.54. The van der Waals surface area contributed by atoms with Crippen LogP contribution in [0, 0.1) is 18.2 Å². The van der Waals surface area contributed by atoms with Crippen molar-refractivity contribution < 1.29 is 18.8 Å². The average Bonchev–Trinajstić information content (AvgIpc) is 2.31. The molecule has 0 aromatic heterocycles. The Balaban J connectivity index is 2.08. The van der Waals surface area contributed by atoms with E-state index in [2.05, 4.69) is 5.32 Å². The molecule has 1 aromatic carbocycles. The lowest BCUT2D eigenvalue weighted by Gasteiger charge is -2.44. The fourth-order valence-electron chi connectivity index (χ4n) is 2.66. The minimum Gasteiger partial charge on any atom is -0.276 e. The molecular formula is C14H13FN2O3. The quantitative estimate of drug-likeness (QED) is 0.796. The maximum Gasteiger partial charge on any atom is 0.335 e. The first kappa shape index (κ1) is 12.8. The molecule has 1 saturated carbocycles. The van der Waals surface area contributed by atoms with Crippen LogP contribution < -0.4 is 10.2 Å². The van der Waals surface area contributed by atoms with Crippen LogP contribution >= 0.6 is 0 Å². The highest BCUT2D eigenvalue weighted by Gasteiger charge is 2.57. The number of benzene rings is 1. The number of urea groups is 1. The molecule has 1 N–H and O–H groups in total. The van der Waals surface area contributed by atoms with Crippen molar-refractivity contribution in [2.75, 3.05) is 4.90 Å². The van der Waals surface area contributed by atoms with Gasteiger partial charge in [0, 0.05) is 0 Å². The third kappa shape index (κ3) is 1.57. The number of barbiturate groups is 1. The summed E-state index contributed by atoms with van der Waals surface area (Å²) in [4.78, 5) is 37.0. The highest BCUT2D eigenvalue weighted by atomic mass is 19.1. The lowest BCUT2D eigenvalue weighted by Crippen LogP contribution is -2.66. The smallest absolute Gasteiger partial charge is 0.276 e. The summed E-state index contributed by atoms with van der Waals surface area (Å²) in [6, 6.07) is 3.29. The summed E-state index contributed by atoms with van der Waals surface area (Å²) < 4.78 is 13.9. The SMILES string of the molecule is Cc1ccc(F)c(N2C(=O)NC(=O)C3(CCC3)C2=O)c1. The molecule has 4 amide bonds. The molecule has 1 heterocycles. The molecule has 104 valence electrons. The number of imide groups is 2. The highest BCUT2D eigenvalue weighted by Crippen LogP contribution is 2.45. The molecule has 1 spiro atoms. The number of halogens is 1. The third-order valence-corrected chi connectivity index (χ3v) is 4.02. The number of nitrogens with one attached hydrogen (secondary N) is 1. The van der Waals surface area contributed by atoms with Crippen molar-refractivity contribution in [2.24, 2.45) is 5.41 Å². The molecule has 0 bridgehead atoms. The van der Waals surface area contributed by atoms with Crippen molar-refractivity contribution in [3.05, 3.63) is 29.6 Å². The van der Waals surface area contributed by atoms with E-state index in [4.69, 9.17) is 0 Å². The highest BCUT2D eigenvalue weighted by molar-refractivity contribution is 6.30. The van der Waals surface area contributed by atoms with E-state index in [0.29, 0.717) is 12.8 Å². The Kier molecular flexibility index (Phi) is 2.64. The molecule has 2 fully saturated rings. The van der Waals surface area contributed by atoms with Crippen molar-refractivity contribution in [1.29, 1.82) is 0 Å². The predicted molar refractivity (Wildman–Crippen MR) is 68.4 cm³/mol. The van der Waals surface area contributed by atoms with E-state index in [1.54, 1.807) is 13.0 Å². The van der Waals surface area contributed by atoms with Gasteiger partial charge in [0.25, 0.3) is 5.91 Å². The second kappa shape index (κ2) is 4.13. The van der Waals surface area contributed by atoms with E-state index in [9.17, 15) is 18.8 Å². The molecule has 1 aliphatic heterocycles. The van der Waals surface area contributed by atoms with E-state index < -0.39 is 29.1 Å². The first-order chi connectivity index (χ1) is 9.45. The van der Waals surface area contributed by atoms with Crippen LogP contribution in [0.25, 0.3) is 0 Å². The Morgan fingerprint density at radius 3 is 2.55 bits per heavy atom. The summed E-state index contributed by atoms with van der Waals surface area (Å²) in [5.74, 6) is -1.85. The van der Waals surface area contributed by atoms with Gasteiger partial charge in [-0.15, -0.1) is 0 Å². The molecule has 0 atom stereocenters. The zero-order chi connectivity index (χ0) is 14.5. The van der Waals surface area contributed by atoms with Gasteiger partial charge in [0.15, 0.2) is 0 Å². The first-order valence-corrected chi connectivity index (χ1v) is 6.42. The summed E-state index contributed by atoms with van der Waals surface area (Å²) >= 11 is 0. The van der Waals surface area contributed by atoms with Crippen molar-refractivity contribution in [3.8, 4) is 0 Å². The van der Waals surface area contributed by atoms with Crippen LogP contribution in [0.15, 0.2) is 18.2 Å². The van der Waals surface area contributed by atoms with E-state index in [-0.39, 0.29) is 5.69 Å². The number of carbonyl (C=O) groups excluding carboxylic acids is 3. The van der Waals surface area contributed by atoms with Crippen LogP contribution in [-0.4, -0.2) is 17.8 Å². The zero-order valence-electron chi connectivity index (χ0n) is 10.9. The van der Waals surface area contributed by atoms with E-state index >= 15 is 0 Å². The van der Waals surface area contributed by atoms with Gasteiger partial charge >= 0.3 is 6.03 Å². The molecule has 0 unspecified atom stereocenters. The van der Waals surface area contributed by atoms with Gasteiger partial charge in [0.1, 0.15) is 11.2 Å². The van der Waals surface area contributed by atoms with Crippen molar-refractivity contribution in [1.82, 2.24) is 5.32 Å². The van der Waals surface area contributed by atoms with Crippen LogP contribution in [0.2, 0.25) is 0 Å². The standard InChI is InChI=1S/C14H13FN2O3/c1-8-3-4-9(15)10(7-8)17-12(19)14(5-2-6-14)11(18)16-13(17)20/h3-4,7H,2,5-6H2,1H3,(H,16,18,20). The number of carbonyl (C=O) groups is 3. The average molecular weight is 276 g/mol. The van der Waals surface area contributed by atoms with Crippen LogP contribution in [0.5, 0.6) is 0 Å². The predicted octanol–water partition coefficient (Wildman–Crippen LogP) is 1.89. The number of rotatable bonds is 1. The molecular weight excluding hydrogens is 263 g/mol. The number of hydrogen-bond acceptors (Lipinski definition) is 3. The van der Waals surface area contributed by atoms with Crippen LogP contribution in [0.4, 0.5) is 14.9 Å². The Labute approximate surface area is 114 Å². The maximum atomic E-state index is 13.9. The minimum atomic E-state index is -1.19. The lowest BCUT2D eigenvalue weighted by molar-refractivity contribution is -0.148. The van der Waals surface area contributed by atoms with Gasteiger partial charge in [0.2, 0.25) is 5.91 Å². The lowest BCUT2D eigenvalue weighted by atomic mass is 9.66. The van der Waals surface area contributed by atoms with Gasteiger partial charge in [-0.2, -0.15) is 0 Å². The Bertz CT molecular complexity index is 637. The second-order valence-corrected chi connectivity index (χ2v) is 5.29. The van der Waals surface area contributed by atoms with Crippen molar-refractivity contribution >= 4 is 23.5 Å². The normalized spacial score (nSPS) is 20.9. The van der Waals surface area contributed by atoms with E-state index in [0.717, 1.165) is 16.9 Å².